The fraction of sp³-hybridized carbons (Fsp3) is 0.727. The van der Waals surface area contributed by atoms with Gasteiger partial charge in [-0.05, 0) is 13.0 Å². The molecule has 3 heteroatoms. The van der Waals surface area contributed by atoms with Crippen LogP contribution in [0.3, 0.4) is 0 Å². The monoisotopic (exact) mass is 201 g/mol. The zero-order valence-electron chi connectivity index (χ0n) is 9.96. The van der Waals surface area contributed by atoms with Gasteiger partial charge >= 0.3 is 0 Å². The maximum atomic E-state index is 11.0. The van der Waals surface area contributed by atoms with Crippen LogP contribution in [0.4, 0.5) is 0 Å². The van der Waals surface area contributed by atoms with Crippen molar-refractivity contribution in [3.8, 4) is 0 Å². The summed E-state index contributed by atoms with van der Waals surface area (Å²) in [6.45, 7) is 10.6. The van der Waals surface area contributed by atoms with E-state index in [-0.39, 0.29) is 12.0 Å². The summed E-state index contributed by atoms with van der Waals surface area (Å²) >= 11 is 0. The first-order chi connectivity index (χ1) is 6.84. The van der Waals surface area contributed by atoms with E-state index in [9.17, 15) is 4.79 Å². The summed E-state index contributed by atoms with van der Waals surface area (Å²) in [6.07, 6.45) is 3.84. The minimum atomic E-state index is -0.278. The first-order valence-electron chi connectivity index (χ1n) is 5.42. The molecular weight excluding hydrogens is 178 g/mol. The Morgan fingerprint density at radius 2 is 2.00 bits per heavy atom. The Morgan fingerprint density at radius 3 is 2.36 bits per heavy atom. The van der Waals surface area contributed by atoms with E-state index in [0.717, 1.165) is 0 Å². The van der Waals surface area contributed by atoms with Gasteiger partial charge in [0.05, 0.1) is 6.26 Å². The van der Waals surface area contributed by atoms with Gasteiger partial charge in [0.15, 0.2) is 6.10 Å². The van der Waals surface area contributed by atoms with Crippen molar-refractivity contribution in [1.82, 2.24) is 5.32 Å². The molecule has 1 N–H and O–H groups in total. The molecule has 1 aliphatic heterocycles. The van der Waals surface area contributed by atoms with Gasteiger partial charge in [0.2, 0.25) is 0 Å². The molecule has 1 amide bonds. The first kappa shape index (κ1) is 15.5. The highest BCUT2D eigenvalue weighted by Crippen LogP contribution is 2.07. The number of hydrogen-bond donors (Lipinski definition) is 1. The maximum Gasteiger partial charge on any atom is 0.261 e. The van der Waals surface area contributed by atoms with Crippen molar-refractivity contribution in [2.24, 2.45) is 0 Å². The third-order valence-electron chi connectivity index (χ3n) is 1.33. The molecular formula is C11H23NO2. The Kier molecular flexibility index (Phi) is 13.3. The highest BCUT2D eigenvalue weighted by molar-refractivity contribution is 5.81. The molecule has 0 spiro atoms. The van der Waals surface area contributed by atoms with Gasteiger partial charge in [0.1, 0.15) is 0 Å². The van der Waals surface area contributed by atoms with Crippen molar-refractivity contribution in [2.75, 3.05) is 6.54 Å². The van der Waals surface area contributed by atoms with Crippen molar-refractivity contribution in [1.29, 1.82) is 0 Å². The van der Waals surface area contributed by atoms with Gasteiger partial charge in [0.25, 0.3) is 5.91 Å². The Labute approximate surface area is 87.5 Å². The summed E-state index contributed by atoms with van der Waals surface area (Å²) < 4.78 is 4.97. The molecule has 1 atom stereocenters. The van der Waals surface area contributed by atoms with Gasteiger partial charge in [0, 0.05) is 13.0 Å². The van der Waals surface area contributed by atoms with Crippen molar-refractivity contribution in [3.05, 3.63) is 12.3 Å². The predicted molar refractivity (Wildman–Crippen MR) is 60.0 cm³/mol. The molecule has 0 aliphatic carbocycles. The van der Waals surface area contributed by atoms with E-state index in [1.165, 1.54) is 0 Å². The average molecular weight is 201 g/mol. The third-order valence-corrected chi connectivity index (χ3v) is 1.33. The summed E-state index contributed by atoms with van der Waals surface area (Å²) in [7, 11) is 0. The molecule has 0 aromatic rings. The lowest BCUT2D eigenvalue weighted by Gasteiger charge is -2.08. The Balaban J connectivity index is 0. The van der Waals surface area contributed by atoms with E-state index >= 15 is 0 Å². The molecule has 0 bridgehead atoms. The average Bonchev–Trinajstić information content (AvgIpc) is 2.77. The number of hydrogen-bond acceptors (Lipinski definition) is 2. The van der Waals surface area contributed by atoms with Crippen LogP contribution in [0.5, 0.6) is 0 Å². The van der Waals surface area contributed by atoms with E-state index in [1.807, 2.05) is 40.7 Å². The van der Waals surface area contributed by atoms with Gasteiger partial charge in [-0.25, -0.2) is 0 Å². The van der Waals surface area contributed by atoms with Gasteiger partial charge in [-0.2, -0.15) is 0 Å². The summed E-state index contributed by atoms with van der Waals surface area (Å²) in [5.41, 5.74) is 0. The van der Waals surface area contributed by atoms with Crippen molar-refractivity contribution < 1.29 is 9.53 Å². The molecule has 0 saturated heterocycles. The molecule has 0 aromatic carbocycles. The van der Waals surface area contributed by atoms with Crippen LogP contribution in [-0.2, 0) is 9.53 Å². The van der Waals surface area contributed by atoms with Gasteiger partial charge in [-0.15, -0.1) is 0 Å². The predicted octanol–water partition coefficient (Wildman–Crippen LogP) is 2.48. The maximum absolute atomic E-state index is 11.0. The SMILES string of the molecule is CC.CC.CCNC(=O)C1CC=CO1. The number of carbonyl (C=O) groups excluding carboxylic acids is 1. The van der Waals surface area contributed by atoms with Gasteiger partial charge in [-0.1, -0.05) is 27.7 Å². The van der Waals surface area contributed by atoms with Crippen LogP contribution in [0.15, 0.2) is 12.3 Å². The van der Waals surface area contributed by atoms with Crippen LogP contribution in [0.25, 0.3) is 0 Å². The lowest BCUT2D eigenvalue weighted by molar-refractivity contribution is -0.128. The van der Waals surface area contributed by atoms with E-state index < -0.39 is 0 Å². The molecule has 1 heterocycles. The zero-order chi connectivity index (χ0) is 11.4. The minimum absolute atomic E-state index is 0.0208. The van der Waals surface area contributed by atoms with Crippen LogP contribution >= 0.6 is 0 Å². The zero-order valence-corrected chi connectivity index (χ0v) is 9.96. The third kappa shape index (κ3) is 6.52. The molecule has 3 nitrogen and oxygen atoms in total. The largest absolute Gasteiger partial charge is 0.488 e. The molecule has 0 saturated carbocycles. The van der Waals surface area contributed by atoms with E-state index in [4.69, 9.17) is 4.74 Å². The topological polar surface area (TPSA) is 38.3 Å². The molecule has 0 aromatic heterocycles. The summed E-state index contributed by atoms with van der Waals surface area (Å²) in [5, 5.41) is 2.68. The van der Waals surface area contributed by atoms with Crippen LogP contribution in [0, 0.1) is 0 Å². The van der Waals surface area contributed by atoms with E-state index in [0.29, 0.717) is 13.0 Å². The molecule has 84 valence electrons. The van der Waals surface area contributed by atoms with Crippen LogP contribution in [0.2, 0.25) is 0 Å². The van der Waals surface area contributed by atoms with E-state index in [2.05, 4.69) is 5.32 Å². The second-order valence-electron chi connectivity index (χ2n) is 2.13. The van der Waals surface area contributed by atoms with Gasteiger partial charge < -0.3 is 10.1 Å². The highest BCUT2D eigenvalue weighted by atomic mass is 16.5. The smallest absolute Gasteiger partial charge is 0.261 e. The summed E-state index contributed by atoms with van der Waals surface area (Å²) in [6, 6.07) is 0. The van der Waals surface area contributed by atoms with Crippen LogP contribution in [0.1, 0.15) is 41.0 Å². The minimum Gasteiger partial charge on any atom is -0.488 e. The number of nitrogens with one attached hydrogen (secondary N) is 1. The fourth-order valence-corrected chi connectivity index (χ4v) is 0.842. The number of amides is 1. The molecule has 1 unspecified atom stereocenters. The standard InChI is InChI=1S/C7H11NO2.2C2H6/c1-2-8-7(9)6-4-3-5-10-6;2*1-2/h3,5-6H,2,4H2,1H3,(H,8,9);2*1-2H3. The fourth-order valence-electron chi connectivity index (χ4n) is 0.842. The van der Waals surface area contributed by atoms with Crippen molar-refractivity contribution >= 4 is 5.91 Å². The molecule has 0 fully saturated rings. The Bertz CT molecular complexity index is 147. The van der Waals surface area contributed by atoms with Crippen LogP contribution in [-0.4, -0.2) is 18.6 Å². The summed E-state index contributed by atoms with van der Waals surface area (Å²) in [5.74, 6) is -0.0208. The second-order valence-corrected chi connectivity index (χ2v) is 2.13. The second kappa shape index (κ2) is 12.0. The number of rotatable bonds is 2. The van der Waals surface area contributed by atoms with Crippen molar-refractivity contribution in [2.45, 2.75) is 47.1 Å². The lowest BCUT2D eigenvalue weighted by Crippen LogP contribution is -2.33. The number of carbonyl (C=O) groups is 1. The Morgan fingerprint density at radius 1 is 1.43 bits per heavy atom. The lowest BCUT2D eigenvalue weighted by atomic mass is 10.2. The normalized spacial score (nSPS) is 16.8. The molecule has 14 heavy (non-hydrogen) atoms. The highest BCUT2D eigenvalue weighted by Gasteiger charge is 2.19. The number of ether oxygens (including phenoxy) is 1. The molecule has 1 rings (SSSR count). The Hall–Kier alpha value is -0.990. The van der Waals surface area contributed by atoms with Gasteiger partial charge in [-0.3, -0.25) is 4.79 Å². The molecule has 1 aliphatic rings. The molecule has 0 radical (unpaired) electrons. The van der Waals surface area contributed by atoms with Crippen molar-refractivity contribution in [3.63, 3.8) is 0 Å². The van der Waals surface area contributed by atoms with Crippen LogP contribution < -0.4 is 5.32 Å². The summed E-state index contributed by atoms with van der Waals surface area (Å²) in [4.78, 5) is 11.0. The first-order valence-corrected chi connectivity index (χ1v) is 5.42. The van der Waals surface area contributed by atoms with E-state index in [1.54, 1.807) is 6.26 Å². The number of likely N-dealkylation sites (N-methyl/N-ethyl adjacent to an activating group) is 1. The quantitative estimate of drug-likeness (QED) is 0.745.